The second-order valence-corrected chi connectivity index (χ2v) is 8.06. The first-order valence-electron chi connectivity index (χ1n) is 9.45. The van der Waals surface area contributed by atoms with Gasteiger partial charge in [-0.05, 0) is 46.1 Å². The number of benzene rings is 1. The first-order chi connectivity index (χ1) is 13.1. The summed E-state index contributed by atoms with van der Waals surface area (Å²) in [5.74, 6) is -0.378. The molecule has 2 rings (SSSR count). The fourth-order valence-electron chi connectivity index (χ4n) is 3.25. The van der Waals surface area contributed by atoms with E-state index < -0.39 is 15.9 Å². The minimum absolute atomic E-state index is 0.0689. The summed E-state index contributed by atoms with van der Waals surface area (Å²) in [7, 11) is 0. The third-order valence-corrected chi connectivity index (χ3v) is 5.03. The molecule has 1 aliphatic heterocycles. The third-order valence-electron chi connectivity index (χ3n) is 5.03. The van der Waals surface area contributed by atoms with Crippen molar-refractivity contribution in [3.8, 4) is 0 Å². The largest absolute Gasteiger partial charge is 0.460 e. The first-order valence-corrected chi connectivity index (χ1v) is 9.45. The number of ether oxygens (including phenoxy) is 2. The zero-order valence-electron chi connectivity index (χ0n) is 16.9. The summed E-state index contributed by atoms with van der Waals surface area (Å²) in [5.41, 5.74) is -0.971. The van der Waals surface area contributed by atoms with Crippen molar-refractivity contribution >= 4 is 17.7 Å². The van der Waals surface area contributed by atoms with Crippen LogP contribution in [0, 0.1) is 15.5 Å². The molecule has 0 bridgehead atoms. The molecule has 1 saturated heterocycles. The Hall–Kier alpha value is -2.64. The fraction of sp³-hybridized carbons (Fsp3) is 0.600. The average Bonchev–Trinajstić information content (AvgIpc) is 2.64. The van der Waals surface area contributed by atoms with Crippen molar-refractivity contribution in [2.24, 2.45) is 5.41 Å². The number of nitro benzene ring substituents is 1. The molecular weight excluding hydrogens is 364 g/mol. The molecule has 1 heterocycles. The molecule has 1 aromatic rings. The Balaban J connectivity index is 1.99. The van der Waals surface area contributed by atoms with Gasteiger partial charge in [0, 0.05) is 19.2 Å². The van der Waals surface area contributed by atoms with Crippen molar-refractivity contribution in [3.63, 3.8) is 0 Å². The molecule has 1 aliphatic rings. The van der Waals surface area contributed by atoms with Gasteiger partial charge in [-0.25, -0.2) is 4.79 Å². The van der Waals surface area contributed by atoms with Crippen molar-refractivity contribution < 1.29 is 24.0 Å². The summed E-state index contributed by atoms with van der Waals surface area (Å²) >= 11 is 0. The van der Waals surface area contributed by atoms with Gasteiger partial charge in [-0.15, -0.1) is 0 Å². The lowest BCUT2D eigenvalue weighted by molar-refractivity contribution is -0.385. The van der Waals surface area contributed by atoms with Gasteiger partial charge in [0.1, 0.15) is 12.2 Å². The number of nitrogens with zero attached hydrogens (tertiary/aromatic N) is 2. The van der Waals surface area contributed by atoms with E-state index in [9.17, 15) is 19.7 Å². The molecule has 28 heavy (non-hydrogen) atoms. The van der Waals surface area contributed by atoms with Crippen LogP contribution >= 0.6 is 0 Å². The predicted octanol–water partition coefficient (Wildman–Crippen LogP) is 4.07. The van der Waals surface area contributed by atoms with Gasteiger partial charge in [0.2, 0.25) is 0 Å². The third kappa shape index (κ3) is 5.21. The summed E-state index contributed by atoms with van der Waals surface area (Å²) in [5, 5.41) is 11.1. The number of nitro groups is 1. The van der Waals surface area contributed by atoms with Gasteiger partial charge in [-0.3, -0.25) is 14.9 Å². The van der Waals surface area contributed by atoms with Gasteiger partial charge < -0.3 is 14.4 Å². The number of likely N-dealkylation sites (tertiary alicyclic amines) is 1. The Morgan fingerprint density at radius 3 is 2.36 bits per heavy atom. The standard InChI is InChI=1S/C20H28N2O6/c1-5-20(10-12-21(13-11-20)18(24)28-19(2,3)4)17(23)27-14-15-8-6-7-9-16(15)22(25)26/h6-9H,5,10-14H2,1-4H3. The summed E-state index contributed by atoms with van der Waals surface area (Å²) in [6.45, 7) is 8.01. The molecule has 8 heteroatoms. The Labute approximate surface area is 164 Å². The normalized spacial score (nSPS) is 16.4. The molecule has 0 N–H and O–H groups in total. The minimum Gasteiger partial charge on any atom is -0.460 e. The van der Waals surface area contributed by atoms with Crippen LogP contribution in [0.5, 0.6) is 0 Å². The minimum atomic E-state index is -0.692. The van der Waals surface area contributed by atoms with Crippen LogP contribution < -0.4 is 0 Å². The average molecular weight is 392 g/mol. The molecule has 8 nitrogen and oxygen atoms in total. The number of piperidine rings is 1. The highest BCUT2D eigenvalue weighted by atomic mass is 16.6. The maximum absolute atomic E-state index is 12.8. The lowest BCUT2D eigenvalue weighted by Gasteiger charge is -2.39. The SMILES string of the molecule is CCC1(C(=O)OCc2ccccc2[N+](=O)[O-])CCN(C(=O)OC(C)(C)C)CC1. The highest BCUT2D eigenvalue weighted by Crippen LogP contribution is 2.37. The lowest BCUT2D eigenvalue weighted by atomic mass is 9.76. The molecule has 0 aliphatic carbocycles. The number of amides is 1. The van der Waals surface area contributed by atoms with Crippen molar-refractivity contribution in [1.82, 2.24) is 4.90 Å². The molecule has 1 fully saturated rings. The number of hydrogen-bond donors (Lipinski definition) is 0. The smallest absolute Gasteiger partial charge is 0.410 e. The highest BCUT2D eigenvalue weighted by molar-refractivity contribution is 5.77. The van der Waals surface area contributed by atoms with Crippen molar-refractivity contribution in [2.45, 2.75) is 59.2 Å². The second kappa shape index (κ2) is 8.58. The van der Waals surface area contributed by atoms with Crippen LogP contribution in [0.4, 0.5) is 10.5 Å². The Kier molecular flexibility index (Phi) is 6.64. The number of esters is 1. The number of carbonyl (C=O) groups excluding carboxylic acids is 2. The molecular formula is C20H28N2O6. The number of carbonyl (C=O) groups is 2. The lowest BCUT2D eigenvalue weighted by Crippen LogP contribution is -2.48. The Morgan fingerprint density at radius 1 is 1.21 bits per heavy atom. The predicted molar refractivity (Wildman–Crippen MR) is 103 cm³/mol. The maximum atomic E-state index is 12.8. The molecule has 0 saturated carbocycles. The number of rotatable bonds is 5. The molecule has 0 radical (unpaired) electrons. The monoisotopic (exact) mass is 392 g/mol. The molecule has 0 aromatic heterocycles. The topological polar surface area (TPSA) is 99.0 Å². The Morgan fingerprint density at radius 2 is 1.82 bits per heavy atom. The van der Waals surface area contributed by atoms with Crippen LogP contribution in [-0.2, 0) is 20.9 Å². The van der Waals surface area contributed by atoms with Gasteiger partial charge in [0.25, 0.3) is 5.69 Å². The van der Waals surface area contributed by atoms with E-state index in [1.807, 2.05) is 27.7 Å². The van der Waals surface area contributed by atoms with Gasteiger partial charge in [-0.1, -0.05) is 19.1 Å². The molecule has 154 valence electrons. The molecule has 0 atom stereocenters. The number of hydrogen-bond acceptors (Lipinski definition) is 6. The summed E-state index contributed by atoms with van der Waals surface area (Å²) in [4.78, 5) is 37.2. The number of para-hydroxylation sites is 1. The van der Waals surface area contributed by atoms with Gasteiger partial charge >= 0.3 is 12.1 Å². The summed E-state index contributed by atoms with van der Waals surface area (Å²) < 4.78 is 10.8. The van der Waals surface area contributed by atoms with Crippen LogP contribution in [0.15, 0.2) is 24.3 Å². The summed E-state index contributed by atoms with van der Waals surface area (Å²) in [6, 6.07) is 6.21. The van der Waals surface area contributed by atoms with Crippen LogP contribution in [0.1, 0.15) is 52.5 Å². The maximum Gasteiger partial charge on any atom is 0.410 e. The van der Waals surface area contributed by atoms with E-state index in [1.165, 1.54) is 6.07 Å². The van der Waals surface area contributed by atoms with Crippen LogP contribution in [0.25, 0.3) is 0 Å². The van der Waals surface area contributed by atoms with Crippen LogP contribution in [0.3, 0.4) is 0 Å². The Bertz CT molecular complexity index is 732. The summed E-state index contributed by atoms with van der Waals surface area (Å²) in [6.07, 6.45) is 1.13. The van der Waals surface area contributed by atoms with Crippen LogP contribution in [0.2, 0.25) is 0 Å². The fourth-order valence-corrected chi connectivity index (χ4v) is 3.25. The van der Waals surface area contributed by atoms with E-state index in [1.54, 1.807) is 23.1 Å². The van der Waals surface area contributed by atoms with E-state index in [0.29, 0.717) is 37.9 Å². The quantitative estimate of drug-likeness (QED) is 0.425. The molecule has 1 amide bonds. The first kappa shape index (κ1) is 21.7. The van der Waals surface area contributed by atoms with Crippen LogP contribution in [-0.4, -0.2) is 40.6 Å². The van der Waals surface area contributed by atoms with E-state index in [0.717, 1.165) is 0 Å². The van der Waals surface area contributed by atoms with Gasteiger partial charge in [0.15, 0.2) is 0 Å². The highest BCUT2D eigenvalue weighted by Gasteiger charge is 2.43. The molecule has 0 unspecified atom stereocenters. The second-order valence-electron chi connectivity index (χ2n) is 8.06. The zero-order valence-corrected chi connectivity index (χ0v) is 16.9. The molecule has 0 spiro atoms. The van der Waals surface area contributed by atoms with Crippen molar-refractivity contribution in [3.05, 3.63) is 39.9 Å². The van der Waals surface area contributed by atoms with Gasteiger partial charge in [-0.2, -0.15) is 0 Å². The van der Waals surface area contributed by atoms with E-state index in [4.69, 9.17) is 9.47 Å². The van der Waals surface area contributed by atoms with E-state index in [-0.39, 0.29) is 24.4 Å². The van der Waals surface area contributed by atoms with E-state index in [2.05, 4.69) is 0 Å². The zero-order chi connectivity index (χ0) is 20.9. The van der Waals surface area contributed by atoms with E-state index >= 15 is 0 Å². The van der Waals surface area contributed by atoms with Crippen molar-refractivity contribution in [2.75, 3.05) is 13.1 Å². The van der Waals surface area contributed by atoms with Gasteiger partial charge in [0.05, 0.1) is 15.9 Å². The molecule has 1 aromatic carbocycles. The van der Waals surface area contributed by atoms with Crippen molar-refractivity contribution in [1.29, 1.82) is 0 Å².